The maximum absolute atomic E-state index is 12.0. The van der Waals surface area contributed by atoms with Crippen LogP contribution in [0, 0.1) is 0 Å². The van der Waals surface area contributed by atoms with E-state index in [0.717, 1.165) is 0 Å². The quantitative estimate of drug-likeness (QED) is 0.661. The number of nitrogens with one attached hydrogen (secondary N) is 1. The zero-order valence-electron chi connectivity index (χ0n) is 14.3. The Kier molecular flexibility index (Phi) is 5.76. The van der Waals surface area contributed by atoms with Crippen LogP contribution in [-0.4, -0.2) is 45.7 Å². The third-order valence-corrected chi connectivity index (χ3v) is 3.61. The highest BCUT2D eigenvalue weighted by Gasteiger charge is 2.09. The Morgan fingerprint density at radius 3 is 2.77 bits per heavy atom. The summed E-state index contributed by atoms with van der Waals surface area (Å²) in [6, 6.07) is 7.19. The monoisotopic (exact) mass is 353 g/mol. The molecule has 0 aliphatic carbocycles. The molecule has 0 bridgehead atoms. The fourth-order valence-corrected chi connectivity index (χ4v) is 2.39. The smallest absolute Gasteiger partial charge is 0.258 e. The lowest BCUT2D eigenvalue weighted by Gasteiger charge is -2.11. The highest BCUT2D eigenvalue weighted by atomic mass is 16.5. The lowest BCUT2D eigenvalue weighted by Crippen LogP contribution is -2.31. The number of benzene rings is 1. The van der Waals surface area contributed by atoms with E-state index in [1.54, 1.807) is 44.0 Å². The molecule has 2 heterocycles. The van der Waals surface area contributed by atoms with Gasteiger partial charge in [-0.15, -0.1) is 0 Å². The molecule has 0 saturated carbocycles. The van der Waals surface area contributed by atoms with Crippen LogP contribution in [0.3, 0.4) is 0 Å². The number of ether oxygens (including phenoxy) is 2. The highest BCUT2D eigenvalue weighted by Crippen LogP contribution is 2.25. The second kappa shape index (κ2) is 8.61. The standard InChI is InChI=1S/C18H19N5O3/c1-25-15-4-2-3-5-16(15)26-13-17(24)21-8-10-23-11-9-22-18(23)14-12-19-6-7-20-14/h2-7,9,11-12H,8,10,13H2,1H3,(H,21,24). The molecule has 2 aromatic heterocycles. The fourth-order valence-electron chi connectivity index (χ4n) is 2.39. The molecular weight excluding hydrogens is 334 g/mol. The topological polar surface area (TPSA) is 91.2 Å². The van der Waals surface area contributed by atoms with Crippen molar-refractivity contribution in [2.45, 2.75) is 6.54 Å². The Labute approximate surface area is 150 Å². The van der Waals surface area contributed by atoms with Crippen molar-refractivity contribution >= 4 is 5.91 Å². The van der Waals surface area contributed by atoms with Crippen LogP contribution >= 0.6 is 0 Å². The number of nitrogens with zero attached hydrogens (tertiary/aromatic N) is 4. The Morgan fingerprint density at radius 2 is 2.00 bits per heavy atom. The van der Waals surface area contributed by atoms with Crippen LogP contribution in [0.4, 0.5) is 0 Å². The second-order valence-corrected chi connectivity index (χ2v) is 5.32. The number of rotatable bonds is 8. The van der Waals surface area contributed by atoms with Gasteiger partial charge in [-0.05, 0) is 12.1 Å². The van der Waals surface area contributed by atoms with Crippen LogP contribution in [0.1, 0.15) is 0 Å². The normalized spacial score (nSPS) is 10.3. The number of imidazole rings is 1. The van der Waals surface area contributed by atoms with Crippen molar-refractivity contribution in [2.75, 3.05) is 20.3 Å². The lowest BCUT2D eigenvalue weighted by atomic mass is 10.3. The molecule has 0 fully saturated rings. The van der Waals surface area contributed by atoms with Crippen LogP contribution in [-0.2, 0) is 11.3 Å². The van der Waals surface area contributed by atoms with Crippen molar-refractivity contribution in [1.82, 2.24) is 24.8 Å². The summed E-state index contributed by atoms with van der Waals surface area (Å²) in [6.45, 7) is 0.922. The molecule has 134 valence electrons. The molecule has 3 aromatic rings. The van der Waals surface area contributed by atoms with E-state index in [1.807, 2.05) is 22.9 Å². The van der Waals surface area contributed by atoms with Gasteiger partial charge in [-0.25, -0.2) is 9.97 Å². The van der Waals surface area contributed by atoms with Gasteiger partial charge < -0.3 is 19.4 Å². The highest BCUT2D eigenvalue weighted by molar-refractivity contribution is 5.77. The average molecular weight is 353 g/mol. The van der Waals surface area contributed by atoms with Crippen molar-refractivity contribution in [3.63, 3.8) is 0 Å². The molecule has 0 saturated heterocycles. The molecular formula is C18H19N5O3. The summed E-state index contributed by atoms with van der Waals surface area (Å²) < 4.78 is 12.6. The van der Waals surface area contributed by atoms with E-state index in [2.05, 4.69) is 20.3 Å². The molecule has 0 aliphatic rings. The van der Waals surface area contributed by atoms with Crippen molar-refractivity contribution in [1.29, 1.82) is 0 Å². The molecule has 0 atom stereocenters. The predicted octanol–water partition coefficient (Wildman–Crippen LogP) is 1.54. The van der Waals surface area contributed by atoms with Crippen molar-refractivity contribution < 1.29 is 14.3 Å². The van der Waals surface area contributed by atoms with Gasteiger partial charge in [0.2, 0.25) is 0 Å². The van der Waals surface area contributed by atoms with E-state index in [9.17, 15) is 4.79 Å². The zero-order valence-corrected chi connectivity index (χ0v) is 14.3. The van der Waals surface area contributed by atoms with E-state index >= 15 is 0 Å². The van der Waals surface area contributed by atoms with Crippen molar-refractivity contribution in [3.05, 3.63) is 55.2 Å². The first kappa shape index (κ1) is 17.4. The van der Waals surface area contributed by atoms with Crippen LogP contribution < -0.4 is 14.8 Å². The summed E-state index contributed by atoms with van der Waals surface area (Å²) in [7, 11) is 1.56. The molecule has 0 spiro atoms. The van der Waals surface area contributed by atoms with Crippen LogP contribution in [0.5, 0.6) is 11.5 Å². The maximum atomic E-state index is 12.0. The van der Waals surface area contributed by atoms with Gasteiger partial charge in [0.1, 0.15) is 5.69 Å². The Morgan fingerprint density at radius 1 is 1.15 bits per heavy atom. The summed E-state index contributed by atoms with van der Waals surface area (Å²) in [5.41, 5.74) is 0.684. The summed E-state index contributed by atoms with van der Waals surface area (Å²) in [4.78, 5) is 24.5. The number of amides is 1. The Bertz CT molecular complexity index is 851. The molecule has 1 amide bonds. The maximum Gasteiger partial charge on any atom is 0.258 e. The number of methoxy groups -OCH3 is 1. The van der Waals surface area contributed by atoms with Crippen molar-refractivity contribution in [2.24, 2.45) is 0 Å². The van der Waals surface area contributed by atoms with Crippen LogP contribution in [0.15, 0.2) is 55.2 Å². The molecule has 1 N–H and O–H groups in total. The van der Waals surface area contributed by atoms with Gasteiger partial charge in [0, 0.05) is 37.9 Å². The van der Waals surface area contributed by atoms with E-state index in [1.165, 1.54) is 0 Å². The van der Waals surface area contributed by atoms with Crippen LogP contribution in [0.2, 0.25) is 0 Å². The molecule has 0 radical (unpaired) electrons. The number of aromatic nitrogens is 4. The summed E-state index contributed by atoms with van der Waals surface area (Å²) in [5.74, 6) is 1.62. The first-order valence-corrected chi connectivity index (χ1v) is 8.08. The first-order chi connectivity index (χ1) is 12.8. The number of carbonyl (C=O) groups is 1. The fraction of sp³-hybridized carbons (Fsp3) is 0.222. The minimum atomic E-state index is -0.211. The average Bonchev–Trinajstić information content (AvgIpc) is 3.16. The van der Waals surface area contributed by atoms with E-state index in [0.29, 0.717) is 36.1 Å². The number of hydrogen-bond donors (Lipinski definition) is 1. The molecule has 8 nitrogen and oxygen atoms in total. The lowest BCUT2D eigenvalue weighted by molar-refractivity contribution is -0.123. The van der Waals surface area contributed by atoms with E-state index in [-0.39, 0.29) is 12.5 Å². The minimum Gasteiger partial charge on any atom is -0.493 e. The third-order valence-electron chi connectivity index (χ3n) is 3.61. The predicted molar refractivity (Wildman–Crippen MR) is 94.8 cm³/mol. The molecule has 8 heteroatoms. The van der Waals surface area contributed by atoms with E-state index < -0.39 is 0 Å². The number of para-hydroxylation sites is 2. The van der Waals surface area contributed by atoms with Gasteiger partial charge >= 0.3 is 0 Å². The number of carbonyl (C=O) groups excluding carboxylic acids is 1. The first-order valence-electron chi connectivity index (χ1n) is 8.08. The van der Waals surface area contributed by atoms with Gasteiger partial charge in [0.15, 0.2) is 23.9 Å². The van der Waals surface area contributed by atoms with Gasteiger partial charge in [-0.2, -0.15) is 0 Å². The van der Waals surface area contributed by atoms with Gasteiger partial charge in [-0.3, -0.25) is 9.78 Å². The Balaban J connectivity index is 1.48. The minimum absolute atomic E-state index is 0.0820. The summed E-state index contributed by atoms with van der Waals surface area (Å²) in [5, 5.41) is 2.82. The summed E-state index contributed by atoms with van der Waals surface area (Å²) in [6.07, 6.45) is 8.40. The Hall–Kier alpha value is -3.42. The molecule has 3 rings (SSSR count). The second-order valence-electron chi connectivity index (χ2n) is 5.32. The van der Waals surface area contributed by atoms with Gasteiger partial charge in [0.25, 0.3) is 5.91 Å². The van der Waals surface area contributed by atoms with E-state index in [4.69, 9.17) is 9.47 Å². The largest absolute Gasteiger partial charge is 0.493 e. The SMILES string of the molecule is COc1ccccc1OCC(=O)NCCn1ccnc1-c1cnccn1. The molecule has 26 heavy (non-hydrogen) atoms. The van der Waals surface area contributed by atoms with Gasteiger partial charge in [0.05, 0.1) is 13.3 Å². The molecule has 0 unspecified atom stereocenters. The molecule has 1 aromatic carbocycles. The summed E-state index contributed by atoms with van der Waals surface area (Å²) >= 11 is 0. The van der Waals surface area contributed by atoms with Gasteiger partial charge in [-0.1, -0.05) is 12.1 Å². The molecule has 0 aliphatic heterocycles. The van der Waals surface area contributed by atoms with Crippen LogP contribution in [0.25, 0.3) is 11.5 Å². The zero-order chi connectivity index (χ0) is 18.2. The number of hydrogen-bond acceptors (Lipinski definition) is 6. The van der Waals surface area contributed by atoms with Crippen molar-refractivity contribution in [3.8, 4) is 23.0 Å². The third kappa shape index (κ3) is 4.35.